The van der Waals surface area contributed by atoms with Gasteiger partial charge in [0.05, 0.1) is 30.6 Å². The molecule has 0 spiro atoms. The zero-order valence-corrected chi connectivity index (χ0v) is 17.4. The number of carbonyl (C=O) groups is 1. The normalized spacial score (nSPS) is 11.2. The van der Waals surface area contributed by atoms with Crippen molar-refractivity contribution in [2.75, 3.05) is 12.4 Å². The summed E-state index contributed by atoms with van der Waals surface area (Å²) in [5.74, 6) is 0.323. The van der Waals surface area contributed by atoms with Crippen LogP contribution in [0, 0.1) is 0 Å². The van der Waals surface area contributed by atoms with Crippen LogP contribution in [0.5, 0.6) is 5.75 Å². The number of aromatic nitrogens is 2. The SMILES string of the molecule is COc1cc2c(cc1NC(=O)c1cccc(Cn3cc(Cl)cn3)c1)oc1ccccc12. The van der Waals surface area contributed by atoms with Crippen LogP contribution in [0.15, 0.2) is 77.5 Å². The first kappa shape index (κ1) is 19.2. The fourth-order valence-electron chi connectivity index (χ4n) is 3.64. The number of nitrogens with one attached hydrogen (secondary N) is 1. The molecule has 5 rings (SSSR count). The third-order valence-electron chi connectivity index (χ3n) is 5.08. The topological polar surface area (TPSA) is 69.3 Å². The van der Waals surface area contributed by atoms with E-state index in [1.807, 2.05) is 48.5 Å². The van der Waals surface area contributed by atoms with Crippen molar-refractivity contribution < 1.29 is 13.9 Å². The first-order chi connectivity index (χ1) is 15.1. The van der Waals surface area contributed by atoms with Crippen LogP contribution in [0.25, 0.3) is 21.9 Å². The molecule has 7 heteroatoms. The van der Waals surface area contributed by atoms with E-state index in [1.165, 1.54) is 0 Å². The number of hydrogen-bond acceptors (Lipinski definition) is 4. The van der Waals surface area contributed by atoms with Gasteiger partial charge in [-0.15, -0.1) is 0 Å². The maximum atomic E-state index is 13.0. The predicted molar refractivity (Wildman–Crippen MR) is 121 cm³/mol. The molecule has 0 fully saturated rings. The number of methoxy groups -OCH3 is 1. The Morgan fingerprint density at radius 1 is 1.10 bits per heavy atom. The molecule has 0 unspecified atom stereocenters. The summed E-state index contributed by atoms with van der Waals surface area (Å²) in [6.45, 7) is 0.516. The van der Waals surface area contributed by atoms with Crippen LogP contribution >= 0.6 is 11.6 Å². The van der Waals surface area contributed by atoms with Crippen LogP contribution < -0.4 is 10.1 Å². The summed E-state index contributed by atoms with van der Waals surface area (Å²) in [6.07, 6.45) is 3.32. The second kappa shape index (κ2) is 7.81. The monoisotopic (exact) mass is 431 g/mol. The minimum atomic E-state index is -0.242. The van der Waals surface area contributed by atoms with E-state index >= 15 is 0 Å². The molecule has 1 N–H and O–H groups in total. The fraction of sp³-hybridized carbons (Fsp3) is 0.0833. The Kier molecular flexibility index (Phi) is 4.84. The lowest BCUT2D eigenvalue weighted by molar-refractivity contribution is 0.102. The highest BCUT2D eigenvalue weighted by Crippen LogP contribution is 2.36. The lowest BCUT2D eigenvalue weighted by Gasteiger charge is -2.11. The van der Waals surface area contributed by atoms with E-state index in [0.29, 0.717) is 34.2 Å². The number of fused-ring (bicyclic) bond motifs is 3. The zero-order valence-electron chi connectivity index (χ0n) is 16.6. The van der Waals surface area contributed by atoms with Crippen LogP contribution in [0.2, 0.25) is 5.02 Å². The molecule has 31 heavy (non-hydrogen) atoms. The molecule has 0 radical (unpaired) electrons. The van der Waals surface area contributed by atoms with Crippen LogP contribution in [-0.4, -0.2) is 22.8 Å². The first-order valence-electron chi connectivity index (χ1n) is 9.68. The Balaban J connectivity index is 1.44. The van der Waals surface area contributed by atoms with Crippen molar-refractivity contribution in [3.8, 4) is 5.75 Å². The van der Waals surface area contributed by atoms with Crippen molar-refractivity contribution in [2.24, 2.45) is 0 Å². The lowest BCUT2D eigenvalue weighted by atomic mass is 10.1. The molecule has 2 heterocycles. The van der Waals surface area contributed by atoms with Gasteiger partial charge in [0, 0.05) is 28.6 Å². The summed E-state index contributed by atoms with van der Waals surface area (Å²) < 4.78 is 13.2. The Hall–Kier alpha value is -3.77. The second-order valence-electron chi connectivity index (χ2n) is 7.16. The number of hydrogen-bond donors (Lipinski definition) is 1. The van der Waals surface area contributed by atoms with Crippen LogP contribution in [0.3, 0.4) is 0 Å². The summed E-state index contributed by atoms with van der Waals surface area (Å²) in [5.41, 5.74) is 3.48. The first-order valence-corrected chi connectivity index (χ1v) is 10.1. The van der Waals surface area contributed by atoms with Crippen LogP contribution in [0.4, 0.5) is 5.69 Å². The molecule has 0 aliphatic rings. The van der Waals surface area contributed by atoms with Gasteiger partial charge in [-0.2, -0.15) is 5.10 Å². The van der Waals surface area contributed by atoms with E-state index in [2.05, 4.69) is 10.4 Å². The molecule has 0 saturated heterocycles. The number of amides is 1. The minimum absolute atomic E-state index is 0.242. The lowest BCUT2D eigenvalue weighted by Crippen LogP contribution is -2.13. The predicted octanol–water partition coefficient (Wildman–Crippen LogP) is 5.75. The maximum absolute atomic E-state index is 13.0. The third kappa shape index (κ3) is 3.73. The molecule has 5 aromatic rings. The van der Waals surface area contributed by atoms with Crippen molar-refractivity contribution in [1.29, 1.82) is 0 Å². The standard InChI is InChI=1S/C24H18ClN3O3/c1-30-23-10-19-18-7-2-3-8-21(18)31-22(19)11-20(23)27-24(29)16-6-4-5-15(9-16)13-28-14-17(25)12-26-28/h2-12,14H,13H2,1H3,(H,27,29). The van der Waals surface area contributed by atoms with E-state index in [4.69, 9.17) is 20.8 Å². The van der Waals surface area contributed by atoms with Gasteiger partial charge in [-0.3, -0.25) is 9.48 Å². The van der Waals surface area contributed by atoms with Gasteiger partial charge < -0.3 is 14.5 Å². The van der Waals surface area contributed by atoms with Crippen molar-refractivity contribution >= 4 is 45.1 Å². The van der Waals surface area contributed by atoms with E-state index < -0.39 is 0 Å². The number of rotatable bonds is 5. The van der Waals surface area contributed by atoms with E-state index in [1.54, 1.807) is 36.3 Å². The van der Waals surface area contributed by atoms with Gasteiger partial charge in [0.1, 0.15) is 16.9 Å². The second-order valence-corrected chi connectivity index (χ2v) is 7.59. The third-order valence-corrected chi connectivity index (χ3v) is 5.28. The number of furan rings is 1. The molecule has 0 aliphatic carbocycles. The highest BCUT2D eigenvalue weighted by Gasteiger charge is 2.15. The van der Waals surface area contributed by atoms with Crippen molar-refractivity contribution in [3.05, 3.63) is 89.2 Å². The van der Waals surface area contributed by atoms with Crippen LogP contribution in [0.1, 0.15) is 15.9 Å². The molecule has 0 atom stereocenters. The Labute approximate surface area is 183 Å². The van der Waals surface area contributed by atoms with Crippen molar-refractivity contribution in [1.82, 2.24) is 9.78 Å². The quantitative estimate of drug-likeness (QED) is 0.385. The number of carbonyl (C=O) groups excluding carboxylic acids is 1. The Morgan fingerprint density at radius 2 is 1.97 bits per heavy atom. The summed E-state index contributed by atoms with van der Waals surface area (Å²) in [6, 6.07) is 18.9. The Bertz CT molecular complexity index is 1420. The molecule has 154 valence electrons. The summed E-state index contributed by atoms with van der Waals surface area (Å²) >= 11 is 5.93. The zero-order chi connectivity index (χ0) is 21.4. The van der Waals surface area contributed by atoms with E-state index in [9.17, 15) is 4.79 Å². The number of para-hydroxylation sites is 1. The van der Waals surface area contributed by atoms with E-state index in [0.717, 1.165) is 21.9 Å². The molecule has 0 bridgehead atoms. The number of anilines is 1. The summed E-state index contributed by atoms with van der Waals surface area (Å²) in [4.78, 5) is 13.0. The number of benzene rings is 3. The van der Waals surface area contributed by atoms with Crippen molar-refractivity contribution in [2.45, 2.75) is 6.54 Å². The molecule has 2 aromatic heterocycles. The molecule has 3 aromatic carbocycles. The number of nitrogens with zero attached hydrogens (tertiary/aromatic N) is 2. The molecule has 0 saturated carbocycles. The number of halogens is 1. The average molecular weight is 432 g/mol. The Morgan fingerprint density at radius 3 is 2.77 bits per heavy atom. The highest BCUT2D eigenvalue weighted by atomic mass is 35.5. The van der Waals surface area contributed by atoms with Crippen LogP contribution in [-0.2, 0) is 6.54 Å². The highest BCUT2D eigenvalue weighted by molar-refractivity contribution is 6.30. The van der Waals surface area contributed by atoms with Gasteiger partial charge in [-0.1, -0.05) is 41.9 Å². The minimum Gasteiger partial charge on any atom is -0.495 e. The van der Waals surface area contributed by atoms with Gasteiger partial charge >= 0.3 is 0 Å². The van der Waals surface area contributed by atoms with Crippen molar-refractivity contribution in [3.63, 3.8) is 0 Å². The molecular formula is C24H18ClN3O3. The number of ether oxygens (including phenoxy) is 1. The average Bonchev–Trinajstić information content (AvgIpc) is 3.35. The van der Waals surface area contributed by atoms with Gasteiger partial charge in [-0.25, -0.2) is 0 Å². The molecule has 1 amide bonds. The van der Waals surface area contributed by atoms with Gasteiger partial charge in [0.15, 0.2) is 0 Å². The van der Waals surface area contributed by atoms with Gasteiger partial charge in [0.2, 0.25) is 0 Å². The van der Waals surface area contributed by atoms with E-state index in [-0.39, 0.29) is 5.91 Å². The molecule has 6 nitrogen and oxygen atoms in total. The fourth-order valence-corrected chi connectivity index (χ4v) is 3.79. The smallest absolute Gasteiger partial charge is 0.255 e. The van der Waals surface area contributed by atoms with Gasteiger partial charge in [0.25, 0.3) is 5.91 Å². The summed E-state index contributed by atoms with van der Waals surface area (Å²) in [5, 5.41) is 9.63. The maximum Gasteiger partial charge on any atom is 0.255 e. The molecular weight excluding hydrogens is 414 g/mol. The largest absolute Gasteiger partial charge is 0.495 e. The van der Waals surface area contributed by atoms with Gasteiger partial charge in [-0.05, 0) is 29.8 Å². The molecule has 0 aliphatic heterocycles. The summed E-state index contributed by atoms with van der Waals surface area (Å²) in [7, 11) is 1.58.